The molecule has 0 spiro atoms. The first-order chi connectivity index (χ1) is 42.6. The van der Waals surface area contributed by atoms with E-state index in [1.807, 2.05) is 62.4 Å². The fraction of sp³-hybridized carbons (Fsp3) is 0.258. The Hall–Kier alpha value is -8.28. The highest BCUT2D eigenvalue weighted by molar-refractivity contribution is 7.90. The fourth-order valence-corrected chi connectivity index (χ4v) is 8.83. The molecule has 0 heterocycles. The lowest BCUT2D eigenvalue weighted by Gasteiger charge is -2.21. The second-order valence-corrected chi connectivity index (χ2v) is 23.4. The highest BCUT2D eigenvalue weighted by Crippen LogP contribution is 2.34. The Kier molecular flexibility index (Phi) is 31.8. The zero-order valence-electron chi connectivity index (χ0n) is 51.5. The molecule has 0 saturated carbocycles. The van der Waals surface area contributed by atoms with Gasteiger partial charge in [-0.2, -0.15) is 0 Å². The molecular formula is C66H64Cl4F6O15S. The molecule has 26 heteroatoms. The Labute approximate surface area is 548 Å². The van der Waals surface area contributed by atoms with E-state index in [2.05, 4.69) is 14.2 Å². The van der Waals surface area contributed by atoms with Gasteiger partial charge < -0.3 is 28.4 Å². The van der Waals surface area contributed by atoms with E-state index in [1.54, 1.807) is 70.3 Å². The van der Waals surface area contributed by atoms with Crippen molar-refractivity contribution in [3.05, 3.63) is 205 Å². The van der Waals surface area contributed by atoms with Crippen LogP contribution < -0.4 is 23.7 Å². The number of para-hydroxylation sites is 1. The molecule has 1 atom stereocenters. The SMILES string of the molecule is CC(=O)C(C)(C)c1ccc(Cl)cc1.CC(=O)C(C)Oc1ccc(Oc2ccc(Cl)cc2Cl)cc1.CC(=O)c1ccc(OC(F)(F)F)cc1.CC(=O)c1ccccc1OC(F)(F)F.COC(=O)c1c(S(C)(=O)=O)ccc(C(C)=O)c1Cl.COc1ccc(CC(C)=O)cc1. The first-order valence-corrected chi connectivity index (χ1v) is 30.1. The molecule has 92 heavy (non-hydrogen) atoms. The molecule has 0 aliphatic rings. The lowest BCUT2D eigenvalue weighted by molar-refractivity contribution is -0.275. The zero-order valence-corrected chi connectivity index (χ0v) is 55.4. The lowest BCUT2D eigenvalue weighted by Crippen LogP contribution is -2.26. The largest absolute Gasteiger partial charge is 0.573 e. The maximum Gasteiger partial charge on any atom is 0.573 e. The van der Waals surface area contributed by atoms with E-state index in [0.717, 1.165) is 48.4 Å². The number of alkyl halides is 6. The number of hydrogen-bond acceptors (Lipinski definition) is 15. The second-order valence-electron chi connectivity index (χ2n) is 19.8. The van der Waals surface area contributed by atoms with Crippen molar-refractivity contribution in [3.63, 3.8) is 0 Å². The van der Waals surface area contributed by atoms with Crippen molar-refractivity contribution < 1.29 is 96.7 Å². The molecule has 0 aliphatic heterocycles. The predicted octanol–water partition coefficient (Wildman–Crippen LogP) is 17.5. The number of carbonyl (C=O) groups excluding carboxylic acids is 7. The first kappa shape index (κ1) is 79.8. The zero-order chi connectivity index (χ0) is 70.1. The summed E-state index contributed by atoms with van der Waals surface area (Å²) in [6.45, 7) is 14.0. The van der Waals surface area contributed by atoms with E-state index in [0.29, 0.717) is 44.3 Å². The van der Waals surface area contributed by atoms with Gasteiger partial charge in [0, 0.05) is 39.3 Å². The van der Waals surface area contributed by atoms with Gasteiger partial charge in [-0.15, -0.1) is 26.3 Å². The standard InChI is InChI=1S/C16H14Cl2O3.C11H11ClO5S.C11H13ClO.C10H12O2.2C9H7F3O2/c1-10(19)11(2)20-13-4-6-14(7-5-13)21-16-8-3-12(17)9-15(16)18;1-6(13)7-4-5-8(18(3,15)16)9(10(7)12)11(14)17-2;1-8(13)11(2,3)9-4-6-10(12)7-5-9;1-8(11)7-9-3-5-10(12-2)6-4-9;1-6(13)7-2-4-8(5-3-7)14-9(10,11)12;1-6(13)7-4-2-3-5-8(7)14-9(10,11)12/h3-9,11H,1-2H3;4-5H,1-3H3;4-7H,1-3H3;3-6H,7H2,1-2H3;2*2-5H,1H3. The summed E-state index contributed by atoms with van der Waals surface area (Å²) in [5.74, 6) is 0.138. The van der Waals surface area contributed by atoms with E-state index in [-0.39, 0.29) is 61.3 Å². The molecule has 1 unspecified atom stereocenters. The number of methoxy groups -OCH3 is 2. The summed E-state index contributed by atoms with van der Waals surface area (Å²) in [4.78, 5) is 77.5. The van der Waals surface area contributed by atoms with Crippen molar-refractivity contribution in [2.24, 2.45) is 0 Å². The van der Waals surface area contributed by atoms with Crippen LogP contribution >= 0.6 is 46.4 Å². The Morgan fingerprint density at radius 2 is 1.04 bits per heavy atom. The monoisotopic (exact) mass is 1380 g/mol. The average molecular weight is 1390 g/mol. The van der Waals surface area contributed by atoms with Crippen molar-refractivity contribution in [1.29, 1.82) is 0 Å². The van der Waals surface area contributed by atoms with Crippen molar-refractivity contribution in [1.82, 2.24) is 0 Å². The van der Waals surface area contributed by atoms with Gasteiger partial charge in [-0.1, -0.05) is 82.8 Å². The van der Waals surface area contributed by atoms with Gasteiger partial charge in [-0.25, -0.2) is 13.2 Å². The van der Waals surface area contributed by atoms with Gasteiger partial charge in [0.05, 0.1) is 40.3 Å². The number of hydrogen-bond donors (Lipinski definition) is 0. The molecule has 7 rings (SSSR count). The smallest absolute Gasteiger partial charge is 0.497 e. The summed E-state index contributed by atoms with van der Waals surface area (Å²) in [5, 5.41) is 1.47. The van der Waals surface area contributed by atoms with E-state index >= 15 is 0 Å². The molecule has 0 saturated heterocycles. The van der Waals surface area contributed by atoms with Crippen LogP contribution in [0.25, 0.3) is 0 Å². The van der Waals surface area contributed by atoms with E-state index in [4.69, 9.17) is 60.6 Å². The third kappa shape index (κ3) is 28.5. The van der Waals surface area contributed by atoms with Crippen molar-refractivity contribution in [3.8, 4) is 34.5 Å². The van der Waals surface area contributed by atoms with Crippen LogP contribution in [-0.4, -0.2) is 88.4 Å². The summed E-state index contributed by atoms with van der Waals surface area (Å²) in [6, 6.07) is 39.3. The van der Waals surface area contributed by atoms with Gasteiger partial charge in [0.25, 0.3) is 0 Å². The minimum absolute atomic E-state index is 0.0247. The summed E-state index contributed by atoms with van der Waals surface area (Å²) in [7, 11) is -0.923. The number of benzene rings is 7. The topological polar surface area (TPSA) is 209 Å². The Bertz CT molecular complexity index is 3770. The van der Waals surface area contributed by atoms with Gasteiger partial charge >= 0.3 is 18.7 Å². The molecule has 0 aromatic heterocycles. The van der Waals surface area contributed by atoms with Crippen LogP contribution in [0, 0.1) is 0 Å². The summed E-state index contributed by atoms with van der Waals surface area (Å²) < 4.78 is 122. The molecule has 0 amide bonds. The van der Waals surface area contributed by atoms with Crippen LogP contribution in [0.5, 0.6) is 34.5 Å². The highest BCUT2D eigenvalue weighted by Gasteiger charge is 2.33. The summed E-state index contributed by atoms with van der Waals surface area (Å²) in [5.41, 5.74) is 1.65. The van der Waals surface area contributed by atoms with Crippen molar-refractivity contribution in [2.45, 2.75) is 97.9 Å². The van der Waals surface area contributed by atoms with Crippen molar-refractivity contribution in [2.75, 3.05) is 20.5 Å². The Morgan fingerprint density at radius 3 is 1.49 bits per heavy atom. The first-order valence-electron chi connectivity index (χ1n) is 26.7. The lowest BCUT2D eigenvalue weighted by atomic mass is 9.81. The third-order valence-electron chi connectivity index (χ3n) is 12.1. The van der Waals surface area contributed by atoms with Gasteiger partial charge in [0.2, 0.25) is 0 Å². The Morgan fingerprint density at radius 1 is 0.543 bits per heavy atom. The van der Waals surface area contributed by atoms with Gasteiger partial charge in [0.15, 0.2) is 39.1 Å². The van der Waals surface area contributed by atoms with E-state index in [9.17, 15) is 68.3 Å². The Balaban J connectivity index is 0.000000380. The third-order valence-corrected chi connectivity index (χ3v) is 14.5. The number of ether oxygens (including phenoxy) is 6. The highest BCUT2D eigenvalue weighted by atomic mass is 35.5. The fourth-order valence-electron chi connectivity index (χ4n) is 6.95. The van der Waals surface area contributed by atoms with Gasteiger partial charge in [0.1, 0.15) is 46.1 Å². The maximum atomic E-state index is 11.9. The van der Waals surface area contributed by atoms with Crippen molar-refractivity contribution >= 4 is 96.9 Å². The number of rotatable bonds is 17. The number of halogens is 10. The minimum atomic E-state index is -4.77. The molecule has 7 aromatic rings. The number of esters is 1. The quantitative estimate of drug-likeness (QED) is 0.0472. The predicted molar refractivity (Wildman–Crippen MR) is 338 cm³/mol. The molecule has 0 bridgehead atoms. The molecule has 0 fully saturated rings. The normalized spacial score (nSPS) is 11.1. The van der Waals surface area contributed by atoms with Crippen LogP contribution in [0.1, 0.15) is 115 Å². The number of sulfone groups is 1. The molecular weight excluding hydrogens is 1320 g/mol. The molecule has 0 radical (unpaired) electrons. The summed E-state index contributed by atoms with van der Waals surface area (Å²) in [6.07, 6.45) is -8.49. The van der Waals surface area contributed by atoms with E-state index < -0.39 is 51.6 Å². The second kappa shape index (κ2) is 36.7. The van der Waals surface area contributed by atoms with Crippen LogP contribution in [0.2, 0.25) is 20.1 Å². The summed E-state index contributed by atoms with van der Waals surface area (Å²) >= 11 is 23.5. The van der Waals surface area contributed by atoms with Crippen LogP contribution in [0.4, 0.5) is 26.3 Å². The van der Waals surface area contributed by atoms with E-state index in [1.165, 1.54) is 70.2 Å². The minimum Gasteiger partial charge on any atom is -0.497 e. The molecule has 0 N–H and O–H groups in total. The number of Topliss-reactive ketones (excluding diaryl/α,β-unsaturated/α-hetero) is 6. The molecule has 494 valence electrons. The molecule has 7 aromatic carbocycles. The van der Waals surface area contributed by atoms with Gasteiger partial charge in [-0.3, -0.25) is 28.8 Å². The number of ketones is 6. The average Bonchev–Trinajstić information content (AvgIpc) is 0.791. The maximum absolute atomic E-state index is 11.9. The molecule has 0 aliphatic carbocycles. The van der Waals surface area contributed by atoms with Crippen LogP contribution in [0.15, 0.2) is 157 Å². The van der Waals surface area contributed by atoms with Gasteiger partial charge in [-0.05, 0) is 189 Å². The molecule has 15 nitrogen and oxygen atoms in total. The van der Waals surface area contributed by atoms with Crippen LogP contribution in [0.3, 0.4) is 0 Å². The van der Waals surface area contributed by atoms with Crippen LogP contribution in [-0.2, 0) is 40.8 Å². The number of carbonyl (C=O) groups is 7.